The molecule has 0 bridgehead atoms. The molecule has 1 N–H and O–H groups in total. The number of rotatable bonds is 4. The molecule has 1 aliphatic rings. The van der Waals surface area contributed by atoms with Gasteiger partial charge in [0.1, 0.15) is 0 Å². The second-order valence-corrected chi connectivity index (χ2v) is 8.01. The van der Waals surface area contributed by atoms with Crippen LogP contribution in [0.3, 0.4) is 0 Å². The lowest BCUT2D eigenvalue weighted by Crippen LogP contribution is -2.43. The second-order valence-electron chi connectivity index (χ2n) is 7.13. The summed E-state index contributed by atoms with van der Waals surface area (Å²) in [6.45, 7) is 0.931. The van der Waals surface area contributed by atoms with Crippen LogP contribution in [0.1, 0.15) is 33.7 Å². The third kappa shape index (κ3) is 3.82. The van der Waals surface area contributed by atoms with Crippen LogP contribution in [0, 0.1) is 5.92 Å². The van der Waals surface area contributed by atoms with Crippen LogP contribution in [0.15, 0.2) is 58.2 Å². The highest BCUT2D eigenvalue weighted by Gasteiger charge is 2.30. The molecule has 1 amide bonds. The minimum atomic E-state index is -0.322. The van der Waals surface area contributed by atoms with Crippen molar-refractivity contribution in [1.82, 2.24) is 15.1 Å². The van der Waals surface area contributed by atoms with Gasteiger partial charge in [-0.15, -0.1) is 11.8 Å². The smallest absolute Gasteiger partial charge is 0.274 e. The molecule has 148 valence electrons. The van der Waals surface area contributed by atoms with Gasteiger partial charge >= 0.3 is 0 Å². The van der Waals surface area contributed by atoms with Gasteiger partial charge in [0.05, 0.1) is 5.39 Å². The number of ketones is 1. The Morgan fingerprint density at radius 3 is 2.55 bits per heavy atom. The fraction of sp³-hybridized carbons (Fsp3) is 0.273. The number of thioether (sulfide) groups is 1. The minimum absolute atomic E-state index is 0.0643. The summed E-state index contributed by atoms with van der Waals surface area (Å²) in [6, 6.07) is 14.5. The van der Waals surface area contributed by atoms with Crippen molar-refractivity contribution < 1.29 is 9.59 Å². The van der Waals surface area contributed by atoms with Crippen molar-refractivity contribution in [2.75, 3.05) is 19.3 Å². The summed E-state index contributed by atoms with van der Waals surface area (Å²) in [4.78, 5) is 40.9. The third-order valence-corrected chi connectivity index (χ3v) is 6.10. The molecular weight excluding hydrogens is 386 g/mol. The molecule has 29 heavy (non-hydrogen) atoms. The van der Waals surface area contributed by atoms with Gasteiger partial charge in [0, 0.05) is 34.9 Å². The normalized spacial score (nSPS) is 16.7. The Bertz CT molecular complexity index is 1120. The van der Waals surface area contributed by atoms with Gasteiger partial charge in [0.15, 0.2) is 11.5 Å². The van der Waals surface area contributed by atoms with Crippen molar-refractivity contribution >= 4 is 34.2 Å². The van der Waals surface area contributed by atoms with Gasteiger partial charge in [-0.25, -0.2) is 5.10 Å². The van der Waals surface area contributed by atoms with E-state index in [1.54, 1.807) is 40.9 Å². The van der Waals surface area contributed by atoms with E-state index < -0.39 is 0 Å². The third-order valence-electron chi connectivity index (χ3n) is 5.35. The molecule has 0 saturated carbocycles. The molecule has 1 aliphatic heterocycles. The second kappa shape index (κ2) is 8.21. The first kappa shape index (κ1) is 19.4. The molecule has 0 spiro atoms. The first-order valence-corrected chi connectivity index (χ1v) is 10.8. The first-order chi connectivity index (χ1) is 14.1. The highest BCUT2D eigenvalue weighted by molar-refractivity contribution is 7.98. The van der Waals surface area contributed by atoms with Crippen molar-refractivity contribution in [2.45, 2.75) is 17.7 Å². The number of nitrogens with one attached hydrogen (secondary N) is 1. The molecule has 2 aromatic carbocycles. The maximum absolute atomic E-state index is 13.1. The lowest BCUT2D eigenvalue weighted by Gasteiger charge is -2.32. The first-order valence-electron chi connectivity index (χ1n) is 9.53. The number of likely N-dealkylation sites (tertiary alicyclic amines) is 1. The van der Waals surface area contributed by atoms with Crippen molar-refractivity contribution in [1.29, 1.82) is 0 Å². The molecule has 3 aromatic rings. The summed E-state index contributed by atoms with van der Waals surface area (Å²) < 4.78 is 0. The number of aromatic amines is 1. The average molecular weight is 407 g/mol. The molecule has 0 unspecified atom stereocenters. The predicted molar refractivity (Wildman–Crippen MR) is 114 cm³/mol. The molecule has 4 rings (SSSR count). The Hall–Kier alpha value is -2.93. The maximum atomic E-state index is 13.1. The maximum Gasteiger partial charge on any atom is 0.274 e. The Morgan fingerprint density at radius 1 is 1.10 bits per heavy atom. The fourth-order valence-corrected chi connectivity index (χ4v) is 4.20. The van der Waals surface area contributed by atoms with Gasteiger partial charge in [-0.1, -0.05) is 30.3 Å². The summed E-state index contributed by atoms with van der Waals surface area (Å²) in [5, 5.41) is 7.39. The van der Waals surface area contributed by atoms with Gasteiger partial charge in [-0.05, 0) is 37.3 Å². The molecule has 1 saturated heterocycles. The number of aromatic nitrogens is 2. The highest BCUT2D eigenvalue weighted by Crippen LogP contribution is 2.24. The Kier molecular flexibility index (Phi) is 5.49. The van der Waals surface area contributed by atoms with Crippen molar-refractivity contribution in [3.63, 3.8) is 0 Å². The van der Waals surface area contributed by atoms with Crippen LogP contribution < -0.4 is 5.56 Å². The molecule has 2 heterocycles. The van der Waals surface area contributed by atoms with E-state index in [2.05, 4.69) is 10.2 Å². The molecule has 0 aliphatic carbocycles. The minimum Gasteiger partial charge on any atom is -0.336 e. The van der Waals surface area contributed by atoms with Gasteiger partial charge in [0.2, 0.25) is 0 Å². The van der Waals surface area contributed by atoms with Crippen LogP contribution in [-0.2, 0) is 0 Å². The zero-order valence-electron chi connectivity index (χ0n) is 16.1. The van der Waals surface area contributed by atoms with Crippen LogP contribution in [0.25, 0.3) is 10.8 Å². The fourth-order valence-electron chi connectivity index (χ4n) is 3.79. The average Bonchev–Trinajstić information content (AvgIpc) is 2.79. The number of hydrogen-bond acceptors (Lipinski definition) is 5. The number of nitrogens with zero attached hydrogens (tertiary/aromatic N) is 2. The number of Topliss-reactive ketones (excluding diaryl/α,β-unsaturated/α-hetero) is 1. The number of carbonyl (C=O) groups is 2. The van der Waals surface area contributed by atoms with E-state index in [0.29, 0.717) is 29.4 Å². The largest absolute Gasteiger partial charge is 0.336 e. The zero-order chi connectivity index (χ0) is 20.4. The molecule has 1 aromatic heterocycles. The Labute approximate surface area is 172 Å². The summed E-state index contributed by atoms with van der Waals surface area (Å²) in [7, 11) is 0. The Balaban J connectivity index is 1.57. The standard InChI is InChI=1S/C22H21N3O3S/c1-29-16-10-8-14(9-11-16)20(26)15-5-4-12-25(13-15)22(28)19-17-6-2-3-7-18(17)21(27)24-23-19/h2-3,6-11,15H,4-5,12-13H2,1H3,(H,24,27)/t15-/m0/s1. The lowest BCUT2D eigenvalue weighted by atomic mass is 9.90. The van der Waals surface area contributed by atoms with E-state index >= 15 is 0 Å². The number of piperidine rings is 1. The highest BCUT2D eigenvalue weighted by atomic mass is 32.2. The number of H-pyrrole nitrogens is 1. The van der Waals surface area contributed by atoms with Crippen LogP contribution in [0.5, 0.6) is 0 Å². The number of amides is 1. The van der Waals surface area contributed by atoms with Crippen LogP contribution in [0.2, 0.25) is 0 Å². The molecule has 7 heteroatoms. The molecule has 1 fully saturated rings. The molecule has 1 atom stereocenters. The SMILES string of the molecule is CSc1ccc(C(=O)[C@H]2CCCN(C(=O)c3n[nH]c(=O)c4ccccc34)C2)cc1. The number of fused-ring (bicyclic) bond motifs is 1. The number of benzene rings is 2. The van der Waals surface area contributed by atoms with Crippen LogP contribution in [-0.4, -0.2) is 46.1 Å². The van der Waals surface area contributed by atoms with Crippen molar-refractivity contribution in [3.8, 4) is 0 Å². The quantitative estimate of drug-likeness (QED) is 0.530. The van der Waals surface area contributed by atoms with Crippen molar-refractivity contribution in [3.05, 3.63) is 70.1 Å². The zero-order valence-corrected chi connectivity index (χ0v) is 16.9. The van der Waals surface area contributed by atoms with Gasteiger partial charge in [0.25, 0.3) is 11.5 Å². The van der Waals surface area contributed by atoms with Gasteiger partial charge in [-0.2, -0.15) is 5.10 Å². The molecule has 6 nitrogen and oxygen atoms in total. The Morgan fingerprint density at radius 2 is 1.83 bits per heavy atom. The van der Waals surface area contributed by atoms with Gasteiger partial charge in [-0.3, -0.25) is 14.4 Å². The summed E-state index contributed by atoms with van der Waals surface area (Å²) in [5.74, 6) is -0.427. The van der Waals surface area contributed by atoms with Gasteiger partial charge < -0.3 is 4.90 Å². The molecule has 0 radical (unpaired) electrons. The summed E-state index contributed by atoms with van der Waals surface area (Å²) in [5.41, 5.74) is 0.574. The van der Waals surface area contributed by atoms with Crippen LogP contribution in [0.4, 0.5) is 0 Å². The summed E-state index contributed by atoms with van der Waals surface area (Å²) in [6.07, 6.45) is 3.51. The number of hydrogen-bond donors (Lipinski definition) is 1. The summed E-state index contributed by atoms with van der Waals surface area (Å²) >= 11 is 1.63. The lowest BCUT2D eigenvalue weighted by molar-refractivity contribution is 0.0633. The van der Waals surface area contributed by atoms with E-state index in [-0.39, 0.29) is 28.9 Å². The topological polar surface area (TPSA) is 83.1 Å². The van der Waals surface area contributed by atoms with Crippen molar-refractivity contribution in [2.24, 2.45) is 5.92 Å². The van der Waals surface area contributed by atoms with E-state index in [4.69, 9.17) is 0 Å². The predicted octanol–water partition coefficient (Wildman–Crippen LogP) is 3.38. The monoisotopic (exact) mass is 407 g/mol. The van der Waals surface area contributed by atoms with E-state index in [0.717, 1.165) is 17.7 Å². The van der Waals surface area contributed by atoms with Crippen LogP contribution >= 0.6 is 11.8 Å². The van der Waals surface area contributed by atoms with E-state index in [1.807, 2.05) is 30.5 Å². The van der Waals surface area contributed by atoms with E-state index in [9.17, 15) is 14.4 Å². The number of carbonyl (C=O) groups excluding carboxylic acids is 2. The van der Waals surface area contributed by atoms with E-state index in [1.165, 1.54) is 0 Å². The molecular formula is C22H21N3O3S.